The van der Waals surface area contributed by atoms with Crippen LogP contribution in [0.2, 0.25) is 0 Å². The summed E-state index contributed by atoms with van der Waals surface area (Å²) in [5, 5.41) is 0. The third-order valence-electron chi connectivity index (χ3n) is 10.3. The SMILES string of the molecule is CC=CC1CCC(C2CCC(c3ccc(-c4ccc(-c5ccc(OCCCCCCC)c(F)c5F)cc4)c(F)c3F)CC2)CC1. The zero-order valence-corrected chi connectivity index (χ0v) is 26.9. The maximum Gasteiger partial charge on any atom is 0.201 e. The van der Waals surface area contributed by atoms with Gasteiger partial charge in [-0.25, -0.2) is 13.2 Å². The van der Waals surface area contributed by atoms with Gasteiger partial charge in [-0.2, -0.15) is 4.39 Å². The van der Waals surface area contributed by atoms with Gasteiger partial charge >= 0.3 is 0 Å². The summed E-state index contributed by atoms with van der Waals surface area (Å²) in [4.78, 5) is 0. The van der Waals surface area contributed by atoms with Gasteiger partial charge in [0.2, 0.25) is 5.82 Å². The number of benzene rings is 3. The molecule has 0 atom stereocenters. The summed E-state index contributed by atoms with van der Waals surface area (Å²) in [6.45, 7) is 4.58. The third-order valence-corrected chi connectivity index (χ3v) is 10.3. The van der Waals surface area contributed by atoms with Crippen LogP contribution in [0.3, 0.4) is 0 Å². The molecular formula is C40H48F4O. The Morgan fingerprint density at radius 2 is 1.18 bits per heavy atom. The highest BCUT2D eigenvalue weighted by molar-refractivity contribution is 5.72. The van der Waals surface area contributed by atoms with Crippen molar-refractivity contribution in [3.8, 4) is 28.0 Å². The average molecular weight is 621 g/mol. The summed E-state index contributed by atoms with van der Waals surface area (Å²) in [6.07, 6.45) is 18.7. The molecule has 5 heteroatoms. The number of hydrogen-bond donors (Lipinski definition) is 0. The van der Waals surface area contributed by atoms with Gasteiger partial charge in [-0.15, -0.1) is 0 Å². The van der Waals surface area contributed by atoms with E-state index in [0.717, 1.165) is 69.6 Å². The molecule has 3 aromatic carbocycles. The number of unbranched alkanes of at least 4 members (excludes halogenated alkanes) is 4. The van der Waals surface area contributed by atoms with Crippen LogP contribution in [0, 0.1) is 41.0 Å². The van der Waals surface area contributed by atoms with Crippen molar-refractivity contribution >= 4 is 0 Å². The van der Waals surface area contributed by atoms with Gasteiger partial charge in [0.1, 0.15) is 0 Å². The molecule has 2 aliphatic carbocycles. The fourth-order valence-corrected chi connectivity index (χ4v) is 7.67. The Morgan fingerprint density at radius 1 is 0.622 bits per heavy atom. The fraction of sp³-hybridized carbons (Fsp3) is 0.500. The Morgan fingerprint density at radius 3 is 1.78 bits per heavy atom. The quantitative estimate of drug-likeness (QED) is 0.111. The van der Waals surface area contributed by atoms with Gasteiger partial charge in [0.15, 0.2) is 23.2 Å². The summed E-state index contributed by atoms with van der Waals surface area (Å²) < 4.78 is 66.2. The predicted molar refractivity (Wildman–Crippen MR) is 176 cm³/mol. The van der Waals surface area contributed by atoms with E-state index in [9.17, 15) is 8.78 Å². The van der Waals surface area contributed by atoms with Crippen LogP contribution < -0.4 is 4.74 Å². The van der Waals surface area contributed by atoms with E-state index in [1.165, 1.54) is 37.8 Å². The lowest BCUT2D eigenvalue weighted by Gasteiger charge is -2.37. The maximum absolute atomic E-state index is 15.5. The molecule has 3 aromatic rings. The number of rotatable bonds is 12. The van der Waals surface area contributed by atoms with Crippen LogP contribution in [0.25, 0.3) is 22.3 Å². The molecule has 1 nitrogen and oxygen atoms in total. The highest BCUT2D eigenvalue weighted by atomic mass is 19.2. The van der Waals surface area contributed by atoms with Crippen LogP contribution in [-0.2, 0) is 0 Å². The van der Waals surface area contributed by atoms with Crippen LogP contribution in [0.4, 0.5) is 17.6 Å². The highest BCUT2D eigenvalue weighted by Crippen LogP contribution is 2.45. The van der Waals surface area contributed by atoms with Crippen molar-refractivity contribution in [3.63, 3.8) is 0 Å². The predicted octanol–water partition coefficient (Wildman–Crippen LogP) is 12.6. The Labute approximate surface area is 267 Å². The summed E-state index contributed by atoms with van der Waals surface area (Å²) in [5.74, 6) is -1.48. The van der Waals surface area contributed by atoms with E-state index in [2.05, 4.69) is 26.0 Å². The number of halogens is 4. The smallest absolute Gasteiger partial charge is 0.201 e. The van der Waals surface area contributed by atoms with Gasteiger partial charge in [0.25, 0.3) is 0 Å². The third kappa shape index (κ3) is 8.02. The molecule has 5 rings (SSSR count). The van der Waals surface area contributed by atoms with Crippen molar-refractivity contribution < 1.29 is 22.3 Å². The summed E-state index contributed by atoms with van der Waals surface area (Å²) in [5.41, 5.74) is 1.68. The van der Waals surface area contributed by atoms with E-state index >= 15 is 8.78 Å². The number of hydrogen-bond acceptors (Lipinski definition) is 1. The van der Waals surface area contributed by atoms with E-state index in [-0.39, 0.29) is 22.8 Å². The molecule has 2 saturated carbocycles. The van der Waals surface area contributed by atoms with Crippen LogP contribution in [0.1, 0.15) is 109 Å². The lowest BCUT2D eigenvalue weighted by atomic mass is 9.68. The molecule has 2 aliphatic rings. The van der Waals surface area contributed by atoms with Crippen molar-refractivity contribution in [2.45, 2.75) is 103 Å². The zero-order chi connectivity index (χ0) is 31.8. The monoisotopic (exact) mass is 620 g/mol. The molecule has 2 fully saturated rings. The molecule has 0 spiro atoms. The van der Waals surface area contributed by atoms with Crippen LogP contribution in [0.15, 0.2) is 60.7 Å². The summed E-state index contributed by atoms with van der Waals surface area (Å²) in [6, 6.07) is 12.8. The molecule has 0 unspecified atom stereocenters. The number of ether oxygens (including phenoxy) is 1. The van der Waals surface area contributed by atoms with E-state index in [1.807, 2.05) is 0 Å². The van der Waals surface area contributed by atoms with Gasteiger partial charge in [-0.1, -0.05) is 81.2 Å². The summed E-state index contributed by atoms with van der Waals surface area (Å²) in [7, 11) is 0. The molecule has 45 heavy (non-hydrogen) atoms. The molecular weight excluding hydrogens is 572 g/mol. The molecule has 242 valence electrons. The molecule has 0 bridgehead atoms. The minimum atomic E-state index is -1.01. The van der Waals surface area contributed by atoms with Crippen molar-refractivity contribution in [3.05, 3.63) is 89.5 Å². The van der Waals surface area contributed by atoms with Crippen molar-refractivity contribution in [2.24, 2.45) is 17.8 Å². The molecule has 0 amide bonds. The van der Waals surface area contributed by atoms with Crippen molar-refractivity contribution in [1.82, 2.24) is 0 Å². The van der Waals surface area contributed by atoms with Crippen LogP contribution >= 0.6 is 0 Å². The Hall–Kier alpha value is -3.08. The topological polar surface area (TPSA) is 9.23 Å². The minimum absolute atomic E-state index is 0.0393. The second kappa shape index (κ2) is 16.0. The second-order valence-electron chi connectivity index (χ2n) is 13.2. The Balaban J connectivity index is 1.20. The van der Waals surface area contributed by atoms with Gasteiger partial charge in [0.05, 0.1) is 6.61 Å². The first-order valence-corrected chi connectivity index (χ1v) is 17.2. The number of allylic oxidation sites excluding steroid dienone is 2. The molecule has 0 saturated heterocycles. The minimum Gasteiger partial charge on any atom is -0.490 e. The molecule has 0 aromatic heterocycles. The standard InChI is InChI=1S/C40H48F4O/c1-3-5-6-7-8-26-45-36-25-24-35(39(43)40(36)44)32-20-18-31(19-21-32)34-23-22-33(37(41)38(34)42)30-16-14-29(15-17-30)28-12-10-27(9-4-2)11-13-28/h4,9,18-25,27-30H,3,5-8,10-17,26H2,1-2H3. The molecule has 0 N–H and O–H groups in total. The van der Waals surface area contributed by atoms with E-state index in [1.54, 1.807) is 36.4 Å². The second-order valence-corrected chi connectivity index (χ2v) is 13.2. The van der Waals surface area contributed by atoms with Crippen molar-refractivity contribution in [2.75, 3.05) is 6.61 Å². The van der Waals surface area contributed by atoms with Crippen LogP contribution in [0.5, 0.6) is 5.75 Å². The van der Waals surface area contributed by atoms with E-state index < -0.39 is 23.3 Å². The first kappa shape index (κ1) is 33.3. The van der Waals surface area contributed by atoms with Gasteiger partial charge in [-0.3, -0.25) is 0 Å². The van der Waals surface area contributed by atoms with E-state index in [0.29, 0.717) is 29.2 Å². The Kier molecular flexibility index (Phi) is 11.8. The van der Waals surface area contributed by atoms with E-state index in [4.69, 9.17) is 4.74 Å². The van der Waals surface area contributed by atoms with Gasteiger partial charge < -0.3 is 4.74 Å². The van der Waals surface area contributed by atoms with Crippen LogP contribution in [-0.4, -0.2) is 6.61 Å². The lowest BCUT2D eigenvalue weighted by molar-refractivity contribution is 0.170. The molecule has 0 heterocycles. The average Bonchev–Trinajstić information content (AvgIpc) is 3.07. The molecule has 0 aliphatic heterocycles. The fourth-order valence-electron chi connectivity index (χ4n) is 7.67. The Bertz CT molecular complexity index is 1410. The maximum atomic E-state index is 15.5. The molecule has 0 radical (unpaired) electrons. The normalized spacial score (nSPS) is 22.2. The largest absolute Gasteiger partial charge is 0.490 e. The highest BCUT2D eigenvalue weighted by Gasteiger charge is 2.32. The van der Waals surface area contributed by atoms with Crippen molar-refractivity contribution in [1.29, 1.82) is 0 Å². The zero-order valence-electron chi connectivity index (χ0n) is 26.9. The van der Waals surface area contributed by atoms with Gasteiger partial charge in [0, 0.05) is 11.1 Å². The van der Waals surface area contributed by atoms with Gasteiger partial charge in [-0.05, 0) is 117 Å². The lowest BCUT2D eigenvalue weighted by Crippen LogP contribution is -2.25. The first-order valence-electron chi connectivity index (χ1n) is 17.2. The first-order chi connectivity index (χ1) is 21.9. The summed E-state index contributed by atoms with van der Waals surface area (Å²) >= 11 is 0.